The molecule has 1 aromatic carbocycles. The Morgan fingerprint density at radius 1 is 1.06 bits per heavy atom. The molecule has 0 radical (unpaired) electrons. The third-order valence-corrected chi connectivity index (χ3v) is 14.9. The van der Waals surface area contributed by atoms with Gasteiger partial charge in [0.2, 0.25) is 5.91 Å². The van der Waals surface area contributed by atoms with E-state index in [2.05, 4.69) is 83.1 Å². The van der Waals surface area contributed by atoms with Gasteiger partial charge in [0, 0.05) is 45.0 Å². The molecule has 3 heterocycles. The Hall–Kier alpha value is -3.26. The van der Waals surface area contributed by atoms with Crippen LogP contribution in [0, 0.1) is 28.6 Å². The minimum absolute atomic E-state index is 0.0344. The lowest BCUT2D eigenvalue weighted by Gasteiger charge is -2.64. The van der Waals surface area contributed by atoms with Crippen LogP contribution in [-0.4, -0.2) is 49.3 Å². The van der Waals surface area contributed by atoms with Gasteiger partial charge in [0.15, 0.2) is 5.78 Å². The van der Waals surface area contributed by atoms with Crippen LogP contribution in [0.2, 0.25) is 0 Å². The summed E-state index contributed by atoms with van der Waals surface area (Å²) < 4.78 is 8.90. The molecule has 9 atom stereocenters. The fourth-order valence-electron chi connectivity index (χ4n) is 12.9. The maximum Gasteiger partial charge on any atom is 0.244 e. The van der Waals surface area contributed by atoms with Crippen LogP contribution in [0.5, 0.6) is 0 Å². The molecule has 2 aliphatic heterocycles. The number of hydrogen-bond acceptors (Lipinski definition) is 5. The first-order valence-electron chi connectivity index (χ1n) is 19.9. The summed E-state index contributed by atoms with van der Waals surface area (Å²) in [6.07, 6.45) is 12.8. The predicted octanol–water partition coefficient (Wildman–Crippen LogP) is 8.62. The highest BCUT2D eigenvalue weighted by Gasteiger charge is 2.67. The highest BCUT2D eigenvalue weighted by atomic mass is 16.5. The Kier molecular flexibility index (Phi) is 7.73. The lowest BCUT2D eigenvalue weighted by atomic mass is 9.40. The number of carbonyl (C=O) groups excluding carboxylic acids is 2. The van der Waals surface area contributed by atoms with Crippen molar-refractivity contribution in [2.75, 3.05) is 0 Å². The summed E-state index contributed by atoms with van der Waals surface area (Å²) >= 11 is 0. The smallest absolute Gasteiger partial charge is 0.244 e. The molecule has 0 unspecified atom stereocenters. The van der Waals surface area contributed by atoms with E-state index in [-0.39, 0.29) is 39.9 Å². The van der Waals surface area contributed by atoms with Crippen LogP contribution >= 0.6 is 0 Å². The van der Waals surface area contributed by atoms with E-state index in [4.69, 9.17) is 4.74 Å². The van der Waals surface area contributed by atoms with Gasteiger partial charge in [-0.1, -0.05) is 51.2 Å². The molecule has 8 rings (SSSR count). The minimum atomic E-state index is -0.853. The second-order valence-electron chi connectivity index (χ2n) is 20.3. The Bertz CT molecular complexity index is 2090. The van der Waals surface area contributed by atoms with E-state index in [0.29, 0.717) is 17.9 Å². The third-order valence-electron chi connectivity index (χ3n) is 14.9. The molecule has 0 bridgehead atoms. The van der Waals surface area contributed by atoms with Gasteiger partial charge in [0.05, 0.1) is 34.5 Å². The first-order valence-corrected chi connectivity index (χ1v) is 19.9. The second-order valence-corrected chi connectivity index (χ2v) is 20.3. The van der Waals surface area contributed by atoms with Gasteiger partial charge in [-0.3, -0.25) is 9.59 Å². The van der Waals surface area contributed by atoms with E-state index < -0.39 is 34.9 Å². The molecular weight excluding hydrogens is 661 g/mol. The van der Waals surface area contributed by atoms with Crippen molar-refractivity contribution in [3.05, 3.63) is 76.5 Å². The van der Waals surface area contributed by atoms with E-state index in [1.807, 2.05) is 33.8 Å². The number of ether oxygens (including phenoxy) is 1. The topological polar surface area (TPSA) is 101 Å². The fourth-order valence-corrected chi connectivity index (χ4v) is 12.9. The molecule has 0 saturated heterocycles. The van der Waals surface area contributed by atoms with E-state index in [1.165, 1.54) is 11.3 Å². The molecule has 1 aromatic heterocycles. The summed E-state index contributed by atoms with van der Waals surface area (Å²) in [4.78, 5) is 27.4. The number of Topliss-reactive ketones (excluding diaryl/α,β-unsaturated/α-hetero) is 1. The van der Waals surface area contributed by atoms with E-state index in [9.17, 15) is 19.8 Å². The molecule has 2 aromatic rings. The highest BCUT2D eigenvalue weighted by molar-refractivity contribution is 6.18. The van der Waals surface area contributed by atoms with Gasteiger partial charge in [-0.15, -0.1) is 0 Å². The van der Waals surface area contributed by atoms with Crippen LogP contribution in [0.1, 0.15) is 147 Å². The number of allylic oxidation sites excluding steroid dienone is 3. The normalized spacial score (nSPS) is 37.8. The quantitative estimate of drug-likeness (QED) is 0.167. The number of aliphatic hydroxyl groups excluding tert-OH is 2. The molecule has 7 heteroatoms. The number of hydrogen-bond donors (Lipinski definition) is 3. The van der Waals surface area contributed by atoms with Crippen molar-refractivity contribution < 1.29 is 24.5 Å². The van der Waals surface area contributed by atoms with Crippen molar-refractivity contribution in [1.82, 2.24) is 9.88 Å². The molecule has 2 fully saturated rings. The number of nitrogens with zero attached hydrogens (tertiary/aromatic N) is 1. The summed E-state index contributed by atoms with van der Waals surface area (Å²) in [5, 5.41) is 28.1. The highest BCUT2D eigenvalue weighted by Crippen LogP contribution is 2.71. The van der Waals surface area contributed by atoms with Gasteiger partial charge < -0.3 is 24.8 Å². The number of amides is 1. The standard InChI is InChI=1S/C46H60N2O5/c1-24(2)36-39(52)34-33-26(29-23-42(6,7)53-43(8,9)35(29)38(33)51)22-27-28-21-25-16-17-30-44(10,19-14-13-15-32(50)47-41(3,4)5)31(49)18-20-45(30,11)46(25,12)40(28)48(36)37(27)34/h13-15,19,22-23,25,30-31,35-36,38,49,51H,1,16-18,20-21H2,2-12H3,(H,47,50)/b15-13+,19-14+/t25-,30-,31-,35+,36-,38+,44-,45-,46+/m0/s1. The number of benzene rings is 1. The van der Waals surface area contributed by atoms with Crippen molar-refractivity contribution in [3.63, 3.8) is 0 Å². The van der Waals surface area contributed by atoms with Crippen LogP contribution in [0.25, 0.3) is 16.5 Å². The Balaban J connectivity index is 1.29. The summed E-state index contributed by atoms with van der Waals surface area (Å²) in [5.41, 5.74) is 5.48. The number of carbonyl (C=O) groups is 2. The monoisotopic (exact) mass is 720 g/mol. The zero-order chi connectivity index (χ0) is 38.6. The Labute approximate surface area is 315 Å². The van der Waals surface area contributed by atoms with Crippen molar-refractivity contribution in [2.24, 2.45) is 28.6 Å². The number of rotatable bonds is 4. The van der Waals surface area contributed by atoms with Crippen LogP contribution < -0.4 is 5.32 Å². The number of aliphatic hydroxyl groups is 2. The van der Waals surface area contributed by atoms with Crippen molar-refractivity contribution in [2.45, 2.75) is 149 Å². The van der Waals surface area contributed by atoms with Gasteiger partial charge in [0.25, 0.3) is 0 Å². The van der Waals surface area contributed by atoms with Crippen molar-refractivity contribution in [3.8, 4) is 0 Å². The molecule has 3 N–H and O–H groups in total. The number of aromatic nitrogens is 1. The fraction of sp³-hybridized carbons (Fsp3) is 0.609. The number of fused-ring (bicyclic) bond motifs is 11. The van der Waals surface area contributed by atoms with Crippen LogP contribution in [0.3, 0.4) is 0 Å². The van der Waals surface area contributed by atoms with Gasteiger partial charge in [0.1, 0.15) is 6.04 Å². The second kappa shape index (κ2) is 11.2. The number of ketones is 1. The van der Waals surface area contributed by atoms with Gasteiger partial charge in [-0.05, 0) is 134 Å². The van der Waals surface area contributed by atoms with E-state index in [1.54, 1.807) is 12.2 Å². The maximum atomic E-state index is 14.9. The average Bonchev–Trinajstić information content (AvgIpc) is 3.69. The molecule has 2 saturated carbocycles. The third kappa shape index (κ3) is 4.81. The van der Waals surface area contributed by atoms with Crippen LogP contribution in [0.4, 0.5) is 0 Å². The van der Waals surface area contributed by atoms with E-state index >= 15 is 0 Å². The maximum absolute atomic E-state index is 14.9. The van der Waals surface area contributed by atoms with Crippen LogP contribution in [0.15, 0.2) is 48.6 Å². The Morgan fingerprint density at radius 2 is 1.75 bits per heavy atom. The minimum Gasteiger partial charge on any atom is -0.392 e. The largest absolute Gasteiger partial charge is 0.392 e. The van der Waals surface area contributed by atoms with Crippen LogP contribution in [-0.2, 0) is 21.4 Å². The average molecular weight is 721 g/mol. The SMILES string of the molecule is C=C(C)[C@H]1C(=O)c2c3c(cc4c5c(n1c24)[C@@]1(C)[C@@H](CC[C@H]2[C@](C)(/C=C/C=C/C(=O)NC(C)(C)C)[C@@H](O)CC[C@@]21C)C5)C1=CC(C)(C)OC(C)(C)[C@H]1[C@@H]3O. The molecule has 7 nitrogen and oxygen atoms in total. The summed E-state index contributed by atoms with van der Waals surface area (Å²) in [6, 6.07) is 1.78. The lowest BCUT2D eigenvalue weighted by Crippen LogP contribution is -2.62. The molecule has 6 aliphatic rings. The molecule has 53 heavy (non-hydrogen) atoms. The molecular formula is C46H60N2O5. The molecule has 0 spiro atoms. The zero-order valence-corrected chi connectivity index (χ0v) is 33.7. The predicted molar refractivity (Wildman–Crippen MR) is 211 cm³/mol. The van der Waals surface area contributed by atoms with E-state index in [0.717, 1.165) is 58.9 Å². The van der Waals surface area contributed by atoms with Gasteiger partial charge in [-0.2, -0.15) is 0 Å². The Morgan fingerprint density at radius 3 is 2.42 bits per heavy atom. The van der Waals surface area contributed by atoms with Crippen molar-refractivity contribution in [1.29, 1.82) is 0 Å². The lowest BCUT2D eigenvalue weighted by molar-refractivity contribution is -0.144. The summed E-state index contributed by atoms with van der Waals surface area (Å²) in [6.45, 7) is 27.7. The molecule has 284 valence electrons. The summed E-state index contributed by atoms with van der Waals surface area (Å²) in [5.74, 6) is 0.194. The first-order chi connectivity index (χ1) is 24.5. The van der Waals surface area contributed by atoms with Gasteiger partial charge in [-0.25, -0.2) is 0 Å². The number of nitrogens with one attached hydrogen (secondary N) is 1. The van der Waals surface area contributed by atoms with Gasteiger partial charge >= 0.3 is 0 Å². The summed E-state index contributed by atoms with van der Waals surface area (Å²) in [7, 11) is 0. The first kappa shape index (κ1) is 36.7. The van der Waals surface area contributed by atoms with Crippen molar-refractivity contribution >= 4 is 28.2 Å². The molecule has 4 aliphatic carbocycles. The zero-order valence-electron chi connectivity index (χ0n) is 33.7. The molecule has 1 amide bonds.